The molecule has 2 aromatic heterocycles. The molecule has 2 amide bonds. The molecule has 11 nitrogen and oxygen atoms in total. The van der Waals surface area contributed by atoms with E-state index in [1.807, 2.05) is 34.9 Å². The van der Waals surface area contributed by atoms with Crippen molar-refractivity contribution >= 4 is 42.4 Å². The maximum Gasteiger partial charge on any atom is 0.319 e. The predicted octanol–water partition coefficient (Wildman–Crippen LogP) is 7.22. The normalized spacial score (nSPS) is 13.9. The molecule has 1 aliphatic rings. The zero-order chi connectivity index (χ0) is 34.3. The van der Waals surface area contributed by atoms with E-state index in [0.29, 0.717) is 59.0 Å². The highest BCUT2D eigenvalue weighted by Crippen LogP contribution is 2.36. The third-order valence-electron chi connectivity index (χ3n) is 8.14. The third-order valence-corrected chi connectivity index (χ3v) is 10.2. The lowest BCUT2D eigenvalue weighted by atomic mass is 10.1. The second-order valence-corrected chi connectivity index (χ2v) is 19.3. The Morgan fingerprint density at radius 2 is 1.81 bits per heavy atom. The molecule has 0 unspecified atom stereocenters. The number of carbonyl (C=O) groups excluding carboxylic acids is 1. The molecule has 48 heavy (non-hydrogen) atoms. The molecule has 0 bridgehead atoms. The Morgan fingerprint density at radius 1 is 1.08 bits per heavy atom. The summed E-state index contributed by atoms with van der Waals surface area (Å²) in [6.45, 7) is 14.7. The average Bonchev–Trinajstić information content (AvgIpc) is 3.79. The lowest BCUT2D eigenvalue weighted by Gasteiger charge is -2.22. The molecule has 4 aromatic rings. The van der Waals surface area contributed by atoms with Crippen LogP contribution in [-0.4, -0.2) is 83.6 Å². The van der Waals surface area contributed by atoms with Crippen molar-refractivity contribution in [2.75, 3.05) is 38.2 Å². The first-order valence-electron chi connectivity index (χ1n) is 16.6. The van der Waals surface area contributed by atoms with Crippen LogP contribution < -0.4 is 20.1 Å². The van der Waals surface area contributed by atoms with E-state index in [9.17, 15) is 9.90 Å². The van der Waals surface area contributed by atoms with Crippen LogP contribution in [0.3, 0.4) is 0 Å². The van der Waals surface area contributed by atoms with Crippen LogP contribution in [0.1, 0.15) is 26.7 Å². The number of carbonyl (C=O) groups is 1. The first-order chi connectivity index (χ1) is 23.0. The Labute approximate surface area is 288 Å². The number of likely N-dealkylation sites (N-methyl/N-ethyl adjacent to an activating group) is 1. The summed E-state index contributed by atoms with van der Waals surface area (Å²) in [7, 11) is -1.27. The lowest BCUT2D eigenvalue weighted by Crippen LogP contribution is -2.35. The summed E-state index contributed by atoms with van der Waals surface area (Å²) >= 11 is 6.51. The van der Waals surface area contributed by atoms with Gasteiger partial charge in [-0.15, -0.1) is 0 Å². The number of nitrogens with one attached hydrogen (secondary N) is 2. The molecule has 0 aliphatic heterocycles. The maximum absolute atomic E-state index is 12.2. The number of aliphatic hydroxyl groups excluding tert-OH is 1. The van der Waals surface area contributed by atoms with Crippen LogP contribution in [0.25, 0.3) is 22.3 Å². The minimum atomic E-state index is -1.27. The van der Waals surface area contributed by atoms with Crippen LogP contribution in [0, 0.1) is 0 Å². The molecule has 1 saturated carbocycles. The summed E-state index contributed by atoms with van der Waals surface area (Å²) in [5.74, 6) is 1.51. The van der Waals surface area contributed by atoms with Gasteiger partial charge < -0.3 is 39.4 Å². The number of anilines is 1. The van der Waals surface area contributed by atoms with Crippen molar-refractivity contribution in [3.8, 4) is 28.6 Å². The van der Waals surface area contributed by atoms with Crippen LogP contribution in [0.15, 0.2) is 54.9 Å². The molecule has 0 radical (unpaired) electrons. The molecule has 1 atom stereocenters. The number of aliphatic hydroxyl groups is 1. The van der Waals surface area contributed by atoms with Crippen molar-refractivity contribution in [2.24, 2.45) is 0 Å². The minimum Gasteiger partial charge on any atom is -0.491 e. The number of benzene rings is 2. The zero-order valence-electron chi connectivity index (χ0n) is 28.5. The molecule has 0 saturated heterocycles. The molecule has 1 fully saturated rings. The molecule has 3 N–H and O–H groups in total. The van der Waals surface area contributed by atoms with Gasteiger partial charge in [-0.2, -0.15) is 0 Å². The Bertz CT molecular complexity index is 1670. The van der Waals surface area contributed by atoms with Crippen LogP contribution >= 0.6 is 11.6 Å². The molecule has 2 heterocycles. The van der Waals surface area contributed by atoms with E-state index < -0.39 is 14.2 Å². The number of halogens is 1. The van der Waals surface area contributed by atoms with Gasteiger partial charge in [-0.25, -0.2) is 14.8 Å². The van der Waals surface area contributed by atoms with Gasteiger partial charge in [-0.05, 0) is 80.0 Å². The van der Waals surface area contributed by atoms with Gasteiger partial charge in [0.2, 0.25) is 5.88 Å². The summed E-state index contributed by atoms with van der Waals surface area (Å²) in [5.41, 5.74) is 2.98. The SMILES string of the molecule is CCN(CC)C[C@H](O)COc1ccc(-c2cc3c(Oc4ccc(NC(=O)NC5CC5)c(Cl)c4)ncnc3n2COCC[Si](C)(C)C)cc1. The fraction of sp³-hybridized carbons (Fsp3) is 0.457. The van der Waals surface area contributed by atoms with Crippen LogP contribution in [-0.2, 0) is 11.5 Å². The zero-order valence-corrected chi connectivity index (χ0v) is 30.2. The van der Waals surface area contributed by atoms with Crippen molar-refractivity contribution in [3.05, 3.63) is 59.9 Å². The third kappa shape index (κ3) is 9.92. The van der Waals surface area contributed by atoms with Gasteiger partial charge >= 0.3 is 6.03 Å². The van der Waals surface area contributed by atoms with E-state index in [-0.39, 0.29) is 18.7 Å². The summed E-state index contributed by atoms with van der Waals surface area (Å²) in [6.07, 6.45) is 2.89. The highest BCUT2D eigenvalue weighted by molar-refractivity contribution is 6.76. The monoisotopic (exact) mass is 694 g/mol. The molecule has 2 aromatic carbocycles. The van der Waals surface area contributed by atoms with E-state index in [4.69, 9.17) is 25.8 Å². The second-order valence-electron chi connectivity index (χ2n) is 13.3. The highest BCUT2D eigenvalue weighted by Gasteiger charge is 2.24. The predicted molar refractivity (Wildman–Crippen MR) is 193 cm³/mol. The summed E-state index contributed by atoms with van der Waals surface area (Å²) in [5, 5.41) is 17.2. The van der Waals surface area contributed by atoms with Gasteiger partial charge in [0.25, 0.3) is 0 Å². The minimum absolute atomic E-state index is 0.214. The standard InChI is InChI=1S/C35H47ClN6O5Si/c1-6-41(7-2)20-26(43)21-46-27-12-8-24(9-13-27)32-19-29-33(42(32)23-45-16-17-48(3,4)5)37-22-38-34(29)47-28-14-15-31(30(36)18-28)40-35(44)39-25-10-11-25/h8-9,12-15,18-19,22,25-26,43H,6-7,10-11,16-17,20-21,23H2,1-5H3,(H2,39,40,44)/t26-/m0/s1. The second kappa shape index (κ2) is 16.1. The number of amides is 2. The van der Waals surface area contributed by atoms with Gasteiger partial charge in [0.1, 0.15) is 42.9 Å². The first kappa shape index (κ1) is 35.6. The van der Waals surface area contributed by atoms with Gasteiger partial charge in [0.05, 0.1) is 21.8 Å². The number of nitrogens with zero attached hydrogens (tertiary/aromatic N) is 4. The van der Waals surface area contributed by atoms with Gasteiger partial charge in [-0.1, -0.05) is 45.1 Å². The average molecular weight is 695 g/mol. The first-order valence-corrected chi connectivity index (χ1v) is 20.7. The lowest BCUT2D eigenvalue weighted by molar-refractivity contribution is 0.0716. The van der Waals surface area contributed by atoms with Gasteiger partial charge in [-0.3, -0.25) is 0 Å². The molecule has 1 aliphatic carbocycles. The van der Waals surface area contributed by atoms with Crippen LogP contribution in [0.4, 0.5) is 10.5 Å². The fourth-order valence-corrected chi connectivity index (χ4v) is 6.09. The topological polar surface area (TPSA) is 123 Å². The Balaban J connectivity index is 1.36. The summed E-state index contributed by atoms with van der Waals surface area (Å²) < 4.78 is 20.4. The van der Waals surface area contributed by atoms with E-state index in [1.54, 1.807) is 18.2 Å². The summed E-state index contributed by atoms with van der Waals surface area (Å²) in [4.78, 5) is 23.4. The van der Waals surface area contributed by atoms with Gasteiger partial charge in [0.15, 0.2) is 0 Å². The van der Waals surface area contributed by atoms with Crippen molar-refractivity contribution in [1.29, 1.82) is 0 Å². The number of fused-ring (bicyclic) bond motifs is 1. The van der Waals surface area contributed by atoms with Gasteiger partial charge in [0, 0.05) is 33.3 Å². The highest BCUT2D eigenvalue weighted by atomic mass is 35.5. The molecule has 0 spiro atoms. The number of urea groups is 1. The number of rotatable bonds is 17. The Kier molecular flexibility index (Phi) is 12.0. The van der Waals surface area contributed by atoms with Crippen molar-refractivity contribution < 1.29 is 24.1 Å². The molecular formula is C35H47ClN6O5Si. The number of hydrogen-bond acceptors (Lipinski definition) is 8. The Morgan fingerprint density at radius 3 is 2.48 bits per heavy atom. The van der Waals surface area contributed by atoms with E-state index >= 15 is 0 Å². The number of ether oxygens (including phenoxy) is 3. The van der Waals surface area contributed by atoms with Crippen molar-refractivity contribution in [2.45, 2.75) is 71.3 Å². The largest absolute Gasteiger partial charge is 0.491 e. The molecule has 5 rings (SSSR count). The Hall–Kier alpha value is -3.68. The molecule has 13 heteroatoms. The molecular weight excluding hydrogens is 648 g/mol. The smallest absolute Gasteiger partial charge is 0.319 e. The summed E-state index contributed by atoms with van der Waals surface area (Å²) in [6, 6.07) is 15.9. The quantitative estimate of drug-likeness (QED) is 0.0782. The van der Waals surface area contributed by atoms with Crippen molar-refractivity contribution in [3.63, 3.8) is 0 Å². The van der Waals surface area contributed by atoms with E-state index in [1.165, 1.54) is 6.33 Å². The van der Waals surface area contributed by atoms with E-state index in [0.717, 1.165) is 43.2 Å². The van der Waals surface area contributed by atoms with Crippen LogP contribution in [0.2, 0.25) is 30.7 Å². The fourth-order valence-electron chi connectivity index (χ4n) is 5.12. The maximum atomic E-state index is 12.2. The van der Waals surface area contributed by atoms with Crippen LogP contribution in [0.5, 0.6) is 17.4 Å². The molecule has 258 valence electrons. The van der Waals surface area contributed by atoms with E-state index in [2.05, 4.69) is 59.0 Å². The number of hydrogen-bond donors (Lipinski definition) is 3. The van der Waals surface area contributed by atoms with Crippen molar-refractivity contribution in [1.82, 2.24) is 24.8 Å². The number of aromatic nitrogens is 3.